The van der Waals surface area contributed by atoms with Crippen molar-refractivity contribution in [2.75, 3.05) is 13.1 Å². The molecule has 24 heavy (non-hydrogen) atoms. The van der Waals surface area contributed by atoms with Crippen molar-refractivity contribution in [3.05, 3.63) is 29.6 Å². The number of aromatic nitrogens is 1. The molecule has 0 radical (unpaired) electrons. The lowest BCUT2D eigenvalue weighted by Crippen LogP contribution is -2.57. The van der Waals surface area contributed by atoms with Crippen LogP contribution in [0, 0.1) is 12.8 Å². The number of carbonyl (C=O) groups excluding carboxylic acids is 2. The number of likely N-dealkylation sites (tertiary alicyclic amines) is 2. The molecule has 1 aromatic rings. The molecule has 0 unspecified atom stereocenters. The van der Waals surface area contributed by atoms with Crippen LogP contribution in [0.5, 0.6) is 0 Å². The van der Waals surface area contributed by atoms with E-state index < -0.39 is 0 Å². The van der Waals surface area contributed by atoms with Crippen LogP contribution in [0.3, 0.4) is 0 Å². The summed E-state index contributed by atoms with van der Waals surface area (Å²) < 4.78 is 0. The number of carbonyl (C=O) groups is 2. The third-order valence-electron chi connectivity index (χ3n) is 5.69. The number of fused-ring (bicyclic) bond motifs is 1. The first-order valence-electron chi connectivity index (χ1n) is 9.12. The van der Waals surface area contributed by atoms with Crippen LogP contribution in [0.2, 0.25) is 0 Å². The van der Waals surface area contributed by atoms with Crippen molar-refractivity contribution in [1.29, 1.82) is 0 Å². The van der Waals surface area contributed by atoms with E-state index in [0.29, 0.717) is 36.8 Å². The van der Waals surface area contributed by atoms with Gasteiger partial charge in [0.2, 0.25) is 11.8 Å². The van der Waals surface area contributed by atoms with E-state index in [1.54, 1.807) is 6.20 Å². The lowest BCUT2D eigenvalue weighted by molar-refractivity contribution is -0.144. The fourth-order valence-electron chi connectivity index (χ4n) is 4.24. The second-order valence-corrected chi connectivity index (χ2v) is 7.51. The van der Waals surface area contributed by atoms with Gasteiger partial charge in [0.15, 0.2) is 0 Å². The van der Waals surface area contributed by atoms with Gasteiger partial charge >= 0.3 is 0 Å². The summed E-state index contributed by atoms with van der Waals surface area (Å²) in [4.78, 5) is 33.3. The number of rotatable bonds is 3. The lowest BCUT2D eigenvalue weighted by Gasteiger charge is -2.47. The van der Waals surface area contributed by atoms with Gasteiger partial charge in [-0.25, -0.2) is 0 Å². The fraction of sp³-hybridized carbons (Fsp3) is 0.632. The van der Waals surface area contributed by atoms with E-state index in [4.69, 9.17) is 0 Å². The zero-order valence-electron chi connectivity index (χ0n) is 14.3. The Labute approximate surface area is 143 Å². The zero-order valence-corrected chi connectivity index (χ0v) is 14.3. The highest BCUT2D eigenvalue weighted by atomic mass is 16.2. The standard InChI is InChI=1S/C19H25N3O2/c1-13-2-3-14(11-20-13)10-19(24)21-9-8-17-15(12-21)4-7-18(23)22(17)16-5-6-16/h2-3,11,15-17H,4-10,12H2,1H3/t15-,17-/m1/s1. The minimum Gasteiger partial charge on any atom is -0.342 e. The molecule has 1 saturated carbocycles. The van der Waals surface area contributed by atoms with Gasteiger partial charge in [0.25, 0.3) is 0 Å². The minimum atomic E-state index is 0.189. The number of nitrogens with zero attached hydrogens (tertiary/aromatic N) is 3. The van der Waals surface area contributed by atoms with Gasteiger partial charge in [0, 0.05) is 43.5 Å². The summed E-state index contributed by atoms with van der Waals surface area (Å²) in [5.74, 6) is 0.982. The predicted molar refractivity (Wildman–Crippen MR) is 90.3 cm³/mol. The highest BCUT2D eigenvalue weighted by Gasteiger charge is 2.45. The van der Waals surface area contributed by atoms with Crippen molar-refractivity contribution in [1.82, 2.24) is 14.8 Å². The molecular weight excluding hydrogens is 302 g/mol. The number of aryl methyl sites for hydroxylation is 1. The molecule has 2 amide bonds. The van der Waals surface area contributed by atoms with Crippen molar-refractivity contribution >= 4 is 11.8 Å². The average molecular weight is 327 g/mol. The first-order chi connectivity index (χ1) is 11.6. The second kappa shape index (κ2) is 6.19. The van der Waals surface area contributed by atoms with E-state index in [1.807, 2.05) is 24.0 Å². The number of piperidine rings is 2. The molecule has 3 heterocycles. The summed E-state index contributed by atoms with van der Waals surface area (Å²) in [6, 6.07) is 4.80. The molecule has 0 spiro atoms. The van der Waals surface area contributed by atoms with Crippen LogP contribution in [0.25, 0.3) is 0 Å². The summed E-state index contributed by atoms with van der Waals surface area (Å²) in [5.41, 5.74) is 1.95. The highest BCUT2D eigenvalue weighted by molar-refractivity contribution is 5.80. The Morgan fingerprint density at radius 1 is 1.25 bits per heavy atom. The van der Waals surface area contributed by atoms with Crippen LogP contribution in [-0.4, -0.2) is 51.8 Å². The van der Waals surface area contributed by atoms with Crippen molar-refractivity contribution < 1.29 is 9.59 Å². The number of pyridine rings is 1. The van der Waals surface area contributed by atoms with E-state index in [9.17, 15) is 9.59 Å². The van der Waals surface area contributed by atoms with Crippen LogP contribution in [0.15, 0.2) is 18.3 Å². The molecule has 2 atom stereocenters. The van der Waals surface area contributed by atoms with Crippen LogP contribution < -0.4 is 0 Å². The zero-order chi connectivity index (χ0) is 16.7. The normalized spacial score (nSPS) is 27.1. The summed E-state index contributed by atoms with van der Waals surface area (Å²) in [6.07, 6.45) is 7.08. The summed E-state index contributed by atoms with van der Waals surface area (Å²) >= 11 is 0. The number of amides is 2. The van der Waals surface area contributed by atoms with E-state index in [2.05, 4.69) is 9.88 Å². The Morgan fingerprint density at radius 2 is 2.08 bits per heavy atom. The van der Waals surface area contributed by atoms with Gasteiger partial charge in [-0.2, -0.15) is 0 Å². The molecular formula is C19H25N3O2. The van der Waals surface area contributed by atoms with Gasteiger partial charge in [-0.3, -0.25) is 14.6 Å². The Bertz CT molecular complexity index is 639. The fourth-order valence-corrected chi connectivity index (χ4v) is 4.24. The van der Waals surface area contributed by atoms with Crippen molar-refractivity contribution in [3.8, 4) is 0 Å². The van der Waals surface area contributed by atoms with Crippen LogP contribution >= 0.6 is 0 Å². The molecule has 2 aliphatic heterocycles. The first kappa shape index (κ1) is 15.6. The topological polar surface area (TPSA) is 53.5 Å². The summed E-state index contributed by atoms with van der Waals surface area (Å²) in [5, 5.41) is 0. The third-order valence-corrected chi connectivity index (χ3v) is 5.69. The Morgan fingerprint density at radius 3 is 2.79 bits per heavy atom. The van der Waals surface area contributed by atoms with Crippen LogP contribution in [0.1, 0.15) is 43.4 Å². The van der Waals surface area contributed by atoms with Crippen LogP contribution in [-0.2, 0) is 16.0 Å². The maximum atomic E-state index is 12.6. The second-order valence-electron chi connectivity index (χ2n) is 7.51. The molecule has 5 heteroatoms. The predicted octanol–water partition coefficient (Wildman–Crippen LogP) is 1.93. The van der Waals surface area contributed by atoms with Gasteiger partial charge in [-0.15, -0.1) is 0 Å². The SMILES string of the molecule is Cc1ccc(CC(=O)N2CC[C@@H]3[C@H](CCC(=O)N3C3CC3)C2)cn1. The van der Waals surface area contributed by atoms with Crippen LogP contribution in [0.4, 0.5) is 0 Å². The third kappa shape index (κ3) is 3.04. The van der Waals surface area contributed by atoms with Crippen molar-refractivity contribution in [2.24, 2.45) is 5.92 Å². The maximum Gasteiger partial charge on any atom is 0.227 e. The minimum absolute atomic E-state index is 0.189. The van der Waals surface area contributed by atoms with E-state index >= 15 is 0 Å². The molecule has 0 N–H and O–H groups in total. The maximum absolute atomic E-state index is 12.6. The highest BCUT2D eigenvalue weighted by Crippen LogP contribution is 2.39. The molecule has 128 valence electrons. The van der Waals surface area contributed by atoms with E-state index in [-0.39, 0.29) is 5.91 Å². The van der Waals surface area contributed by atoms with Gasteiger partial charge in [0.05, 0.1) is 6.42 Å². The summed E-state index contributed by atoms with van der Waals surface area (Å²) in [7, 11) is 0. The van der Waals surface area contributed by atoms with Gasteiger partial charge in [-0.05, 0) is 50.2 Å². The quantitative estimate of drug-likeness (QED) is 0.852. The molecule has 0 bridgehead atoms. The van der Waals surface area contributed by atoms with E-state index in [0.717, 1.165) is 50.0 Å². The lowest BCUT2D eigenvalue weighted by atomic mass is 9.83. The smallest absolute Gasteiger partial charge is 0.227 e. The molecule has 2 saturated heterocycles. The molecule has 1 aliphatic carbocycles. The first-order valence-corrected chi connectivity index (χ1v) is 9.12. The Hall–Kier alpha value is -1.91. The molecule has 0 aromatic carbocycles. The Kier molecular flexibility index (Phi) is 4.02. The molecule has 3 aliphatic rings. The molecule has 1 aromatic heterocycles. The van der Waals surface area contributed by atoms with Crippen molar-refractivity contribution in [2.45, 2.75) is 57.5 Å². The largest absolute Gasteiger partial charge is 0.342 e. The molecule has 4 rings (SSSR count). The monoisotopic (exact) mass is 327 g/mol. The Balaban J connectivity index is 1.39. The van der Waals surface area contributed by atoms with Gasteiger partial charge < -0.3 is 9.80 Å². The number of hydrogen-bond donors (Lipinski definition) is 0. The average Bonchev–Trinajstić information content (AvgIpc) is 3.41. The van der Waals surface area contributed by atoms with Gasteiger partial charge in [-0.1, -0.05) is 6.07 Å². The number of hydrogen-bond acceptors (Lipinski definition) is 3. The molecule has 3 fully saturated rings. The van der Waals surface area contributed by atoms with E-state index in [1.165, 1.54) is 0 Å². The van der Waals surface area contributed by atoms with Gasteiger partial charge in [0.1, 0.15) is 0 Å². The summed E-state index contributed by atoms with van der Waals surface area (Å²) in [6.45, 7) is 3.53. The van der Waals surface area contributed by atoms with Crippen molar-refractivity contribution in [3.63, 3.8) is 0 Å². The molecule has 5 nitrogen and oxygen atoms in total.